The molecule has 0 bridgehead atoms. The van der Waals surface area contributed by atoms with Gasteiger partial charge in [-0.25, -0.2) is 0 Å². The number of nitrogens with zero attached hydrogens (tertiary/aromatic N) is 1. The van der Waals surface area contributed by atoms with Gasteiger partial charge in [-0.3, -0.25) is 4.79 Å². The fourth-order valence-corrected chi connectivity index (χ4v) is 2.83. The van der Waals surface area contributed by atoms with E-state index >= 15 is 0 Å². The molecule has 0 aromatic heterocycles. The number of rotatable bonds is 2. The Morgan fingerprint density at radius 2 is 1.94 bits per heavy atom. The normalized spacial score (nSPS) is 23.5. The topological polar surface area (TPSA) is 70.9 Å². The average molecular weight is 252 g/mol. The molecule has 0 aliphatic carbocycles. The number of amides is 1. The lowest BCUT2D eigenvalue weighted by Gasteiger charge is -2.22. The second-order valence-electron chi connectivity index (χ2n) is 3.83. The lowest BCUT2D eigenvalue weighted by molar-refractivity contribution is -0.113. The van der Waals surface area contributed by atoms with E-state index in [2.05, 4.69) is 9.83 Å². The highest BCUT2D eigenvalue weighted by atomic mass is 31.2. The molecule has 0 fully saturated rings. The number of allylic oxidation sites excluding steroid dienone is 1. The van der Waals surface area contributed by atoms with Crippen LogP contribution >= 0.6 is 7.66 Å². The summed E-state index contributed by atoms with van der Waals surface area (Å²) in [6, 6.07) is 7.16. The van der Waals surface area contributed by atoms with E-state index in [-0.39, 0.29) is 0 Å². The summed E-state index contributed by atoms with van der Waals surface area (Å²) in [7, 11) is -3.26. The fourth-order valence-electron chi connectivity index (χ4n) is 1.42. The molecule has 5 nitrogen and oxygen atoms in total. The Morgan fingerprint density at radius 1 is 1.29 bits per heavy atom. The molecule has 0 spiro atoms. The Balaban J connectivity index is 2.24. The Morgan fingerprint density at radius 3 is 2.53 bits per heavy atom. The van der Waals surface area contributed by atoms with Gasteiger partial charge in [-0.15, -0.1) is 4.74 Å². The first-order valence-corrected chi connectivity index (χ1v) is 6.70. The first-order valence-electron chi connectivity index (χ1n) is 5.09. The molecule has 2 rings (SSSR count). The van der Waals surface area contributed by atoms with Crippen molar-refractivity contribution in [2.75, 3.05) is 0 Å². The summed E-state index contributed by atoms with van der Waals surface area (Å²) in [5, 5.41) is 2.70. The number of aryl methyl sites for hydroxylation is 1. The maximum Gasteiger partial charge on any atom is 0.373 e. The van der Waals surface area contributed by atoms with Crippen molar-refractivity contribution in [3.63, 3.8) is 0 Å². The van der Waals surface area contributed by atoms with Gasteiger partial charge >= 0.3 is 7.66 Å². The second kappa shape index (κ2) is 4.35. The van der Waals surface area contributed by atoms with Crippen LogP contribution in [-0.4, -0.2) is 10.8 Å². The van der Waals surface area contributed by atoms with Crippen LogP contribution in [-0.2, 0) is 4.79 Å². The van der Waals surface area contributed by atoms with Crippen molar-refractivity contribution in [1.29, 1.82) is 0 Å². The van der Waals surface area contributed by atoms with E-state index in [1.54, 1.807) is 19.1 Å². The predicted octanol–water partition coefficient (Wildman–Crippen LogP) is 2.35. The zero-order chi connectivity index (χ0) is 12.5. The molecule has 1 aliphatic rings. The molecule has 1 aliphatic heterocycles. The number of hydrogen-bond acceptors (Lipinski definition) is 3. The van der Waals surface area contributed by atoms with Crippen LogP contribution in [0.25, 0.3) is 0 Å². The molecule has 90 valence electrons. The van der Waals surface area contributed by atoms with Gasteiger partial charge in [-0.2, -0.15) is 0 Å². The SMILES string of the molecule is CC1=CC(=O)N=P(O)(Oc2ccc(C)cc2)N1. The number of carbonyl (C=O) groups excluding carboxylic acids is 1. The second-order valence-corrected chi connectivity index (χ2v) is 5.52. The van der Waals surface area contributed by atoms with Crippen molar-refractivity contribution in [3.05, 3.63) is 41.6 Å². The molecular weight excluding hydrogens is 239 g/mol. The van der Waals surface area contributed by atoms with Crippen LogP contribution in [0.4, 0.5) is 0 Å². The van der Waals surface area contributed by atoms with Crippen LogP contribution in [0.3, 0.4) is 0 Å². The summed E-state index contributed by atoms with van der Waals surface area (Å²) in [5.41, 5.74) is 1.64. The predicted molar refractivity (Wildman–Crippen MR) is 65.3 cm³/mol. The van der Waals surface area contributed by atoms with Gasteiger partial charge in [-0.1, -0.05) is 17.7 Å². The minimum Gasteiger partial charge on any atom is -0.423 e. The molecule has 2 N–H and O–H groups in total. The highest BCUT2D eigenvalue weighted by Crippen LogP contribution is 2.45. The Bertz CT molecular complexity index is 534. The quantitative estimate of drug-likeness (QED) is 0.792. The molecular formula is C11H13N2O3P. The summed E-state index contributed by atoms with van der Waals surface area (Å²) >= 11 is 0. The first kappa shape index (κ1) is 11.9. The van der Waals surface area contributed by atoms with Gasteiger partial charge in [0.15, 0.2) is 0 Å². The van der Waals surface area contributed by atoms with Crippen LogP contribution < -0.4 is 9.61 Å². The van der Waals surface area contributed by atoms with Crippen molar-refractivity contribution in [2.24, 2.45) is 4.74 Å². The highest BCUT2D eigenvalue weighted by molar-refractivity contribution is 7.54. The van der Waals surface area contributed by atoms with Gasteiger partial charge in [0.05, 0.1) is 0 Å². The Labute approximate surface area is 99.4 Å². The van der Waals surface area contributed by atoms with Gasteiger partial charge in [0, 0.05) is 11.8 Å². The van der Waals surface area contributed by atoms with Crippen LogP contribution in [0.2, 0.25) is 0 Å². The third-order valence-electron chi connectivity index (χ3n) is 2.15. The molecule has 1 heterocycles. The molecule has 1 aromatic carbocycles. The monoisotopic (exact) mass is 252 g/mol. The van der Waals surface area contributed by atoms with Crippen molar-refractivity contribution in [3.8, 4) is 5.75 Å². The molecule has 17 heavy (non-hydrogen) atoms. The molecule has 6 heteroatoms. The van der Waals surface area contributed by atoms with E-state index in [1.165, 1.54) is 6.08 Å². The third kappa shape index (κ3) is 2.96. The maximum absolute atomic E-state index is 11.2. The Hall–Kier alpha value is -1.58. The van der Waals surface area contributed by atoms with Crippen LogP contribution in [0, 0.1) is 6.92 Å². The van der Waals surface area contributed by atoms with Gasteiger partial charge in [0.2, 0.25) is 0 Å². The number of carbonyl (C=O) groups is 1. The summed E-state index contributed by atoms with van der Waals surface area (Å²) in [6.45, 7) is 3.63. The van der Waals surface area contributed by atoms with E-state index in [1.807, 2.05) is 19.1 Å². The van der Waals surface area contributed by atoms with Crippen molar-refractivity contribution < 1.29 is 14.2 Å². The lowest BCUT2D eigenvalue weighted by Crippen LogP contribution is -2.17. The standard InChI is InChI=1S/C11H13N2O3P/c1-8-3-5-10(6-4-8)16-17(15)12-9(2)7-11(14)13-17/h3-7,15H,1-2H3,(H,12,14). The van der Waals surface area contributed by atoms with Crippen molar-refractivity contribution in [1.82, 2.24) is 5.09 Å². The number of hydrogen-bond donors (Lipinski definition) is 2. The maximum atomic E-state index is 11.2. The van der Waals surface area contributed by atoms with Crippen LogP contribution in [0.15, 0.2) is 40.8 Å². The number of nitrogens with one attached hydrogen (secondary N) is 1. The van der Waals surface area contributed by atoms with E-state index < -0.39 is 13.6 Å². The summed E-state index contributed by atoms with van der Waals surface area (Å²) in [4.78, 5) is 21.3. The largest absolute Gasteiger partial charge is 0.423 e. The third-order valence-corrected chi connectivity index (χ3v) is 3.73. The molecule has 1 amide bonds. The van der Waals surface area contributed by atoms with E-state index in [0.29, 0.717) is 11.4 Å². The molecule has 0 saturated carbocycles. The average Bonchev–Trinajstić information content (AvgIpc) is 2.19. The zero-order valence-corrected chi connectivity index (χ0v) is 10.4. The summed E-state index contributed by atoms with van der Waals surface area (Å²) < 4.78 is 8.97. The minimum absolute atomic E-state index is 0.477. The summed E-state index contributed by atoms with van der Waals surface area (Å²) in [5.74, 6) is -0.00521. The Kier molecular flexibility index (Phi) is 3.05. The minimum atomic E-state index is -3.26. The first-order chi connectivity index (χ1) is 7.97. The van der Waals surface area contributed by atoms with Gasteiger partial charge in [0.1, 0.15) is 5.75 Å². The molecule has 0 saturated heterocycles. The molecule has 1 unspecified atom stereocenters. The summed E-state index contributed by atoms with van der Waals surface area (Å²) in [6.07, 6.45) is 1.31. The zero-order valence-electron chi connectivity index (χ0n) is 9.54. The smallest absolute Gasteiger partial charge is 0.373 e. The van der Waals surface area contributed by atoms with Gasteiger partial charge in [0.25, 0.3) is 5.91 Å². The van der Waals surface area contributed by atoms with E-state index in [4.69, 9.17) is 4.52 Å². The van der Waals surface area contributed by atoms with Crippen LogP contribution in [0.5, 0.6) is 5.75 Å². The number of benzene rings is 1. The lowest BCUT2D eigenvalue weighted by atomic mass is 10.2. The highest BCUT2D eigenvalue weighted by Gasteiger charge is 2.24. The molecule has 1 atom stereocenters. The van der Waals surface area contributed by atoms with E-state index in [0.717, 1.165) is 5.56 Å². The van der Waals surface area contributed by atoms with Crippen molar-refractivity contribution >= 4 is 13.6 Å². The molecule has 1 aromatic rings. The van der Waals surface area contributed by atoms with Gasteiger partial charge in [-0.05, 0) is 26.0 Å². The van der Waals surface area contributed by atoms with Gasteiger partial charge < -0.3 is 14.5 Å². The van der Waals surface area contributed by atoms with Crippen molar-refractivity contribution in [2.45, 2.75) is 13.8 Å². The van der Waals surface area contributed by atoms with E-state index in [9.17, 15) is 9.69 Å². The van der Waals surface area contributed by atoms with Crippen LogP contribution in [0.1, 0.15) is 12.5 Å². The molecule has 0 radical (unpaired) electrons. The fraction of sp³-hybridized carbons (Fsp3) is 0.182.